The summed E-state index contributed by atoms with van der Waals surface area (Å²) in [7, 11) is 0. The van der Waals surface area contributed by atoms with Crippen molar-refractivity contribution in [1.29, 1.82) is 0 Å². The summed E-state index contributed by atoms with van der Waals surface area (Å²) in [5.41, 5.74) is 2.08. The second kappa shape index (κ2) is 6.19. The number of rotatable bonds is 6. The Morgan fingerprint density at radius 2 is 2.22 bits per heavy atom. The summed E-state index contributed by atoms with van der Waals surface area (Å²) in [4.78, 5) is 8.67. The number of hydrogen-bond donors (Lipinski definition) is 0. The van der Waals surface area contributed by atoms with E-state index in [4.69, 9.17) is 11.6 Å². The molecule has 18 heavy (non-hydrogen) atoms. The van der Waals surface area contributed by atoms with Gasteiger partial charge in [0.05, 0.1) is 17.6 Å². The Bertz CT molecular complexity index is 507. The van der Waals surface area contributed by atoms with Crippen LogP contribution < -0.4 is 0 Å². The molecule has 0 fully saturated rings. The predicted octanol–water partition coefficient (Wildman–Crippen LogP) is 4.31. The molecule has 98 valence electrons. The minimum Gasteiger partial charge on any atom is -0.324 e. The Balaban J connectivity index is 2.29. The van der Waals surface area contributed by atoms with Crippen LogP contribution in [0.25, 0.3) is 11.0 Å². The fraction of sp³-hybridized carbons (Fsp3) is 0.571. The van der Waals surface area contributed by atoms with Gasteiger partial charge < -0.3 is 4.57 Å². The molecule has 0 aliphatic rings. The van der Waals surface area contributed by atoms with Crippen LogP contribution in [-0.2, 0) is 5.88 Å². The molecule has 1 atom stereocenters. The van der Waals surface area contributed by atoms with Gasteiger partial charge in [-0.05, 0) is 19.4 Å². The van der Waals surface area contributed by atoms with Gasteiger partial charge >= 0.3 is 0 Å². The topological polar surface area (TPSA) is 30.7 Å². The second-order valence-corrected chi connectivity index (χ2v) is 5.01. The van der Waals surface area contributed by atoms with E-state index >= 15 is 0 Å². The van der Waals surface area contributed by atoms with Gasteiger partial charge in [-0.25, -0.2) is 4.98 Å². The maximum Gasteiger partial charge on any atom is 0.125 e. The van der Waals surface area contributed by atoms with Crippen LogP contribution in [0.15, 0.2) is 18.5 Å². The molecule has 0 N–H and O–H groups in total. The van der Waals surface area contributed by atoms with Crippen LogP contribution in [0.3, 0.4) is 0 Å². The van der Waals surface area contributed by atoms with Gasteiger partial charge in [0.1, 0.15) is 11.3 Å². The molecule has 2 aromatic rings. The molecular formula is C14H20ClN3. The molecule has 2 heterocycles. The zero-order valence-corrected chi connectivity index (χ0v) is 11.8. The third-order valence-electron chi connectivity index (χ3n) is 3.35. The van der Waals surface area contributed by atoms with Crippen LogP contribution in [0.1, 0.15) is 51.4 Å². The largest absolute Gasteiger partial charge is 0.324 e. The van der Waals surface area contributed by atoms with Crippen molar-refractivity contribution in [3.8, 4) is 0 Å². The minimum atomic E-state index is 0.442. The van der Waals surface area contributed by atoms with Gasteiger partial charge in [-0.15, -0.1) is 11.6 Å². The van der Waals surface area contributed by atoms with E-state index in [9.17, 15) is 0 Å². The van der Waals surface area contributed by atoms with Crippen molar-refractivity contribution in [3.05, 3.63) is 24.3 Å². The van der Waals surface area contributed by atoms with Crippen LogP contribution in [0.5, 0.6) is 0 Å². The molecule has 1 unspecified atom stereocenters. The summed E-state index contributed by atoms with van der Waals surface area (Å²) in [5, 5.41) is 0. The standard InChI is InChI=1S/C14H20ClN3/c1-3-4-5-6-11(2)18-13-7-8-16-10-12(13)17-14(18)9-15/h7-8,10-11H,3-6,9H2,1-2H3. The van der Waals surface area contributed by atoms with E-state index in [0.29, 0.717) is 11.9 Å². The molecule has 0 spiro atoms. The minimum absolute atomic E-state index is 0.442. The van der Waals surface area contributed by atoms with Gasteiger partial charge in [0.15, 0.2) is 0 Å². The zero-order chi connectivity index (χ0) is 13.0. The molecule has 2 rings (SSSR count). The van der Waals surface area contributed by atoms with E-state index in [1.54, 1.807) is 6.20 Å². The maximum absolute atomic E-state index is 6.01. The number of fused-ring (bicyclic) bond motifs is 1. The summed E-state index contributed by atoms with van der Waals surface area (Å²) < 4.78 is 2.26. The zero-order valence-electron chi connectivity index (χ0n) is 11.1. The summed E-state index contributed by atoms with van der Waals surface area (Å²) in [6.07, 6.45) is 8.59. The van der Waals surface area contributed by atoms with Crippen molar-refractivity contribution in [2.45, 2.75) is 51.5 Å². The fourth-order valence-electron chi connectivity index (χ4n) is 2.41. The third kappa shape index (κ3) is 2.66. The summed E-state index contributed by atoms with van der Waals surface area (Å²) in [5.74, 6) is 1.40. The van der Waals surface area contributed by atoms with Gasteiger partial charge in [-0.2, -0.15) is 0 Å². The molecule has 0 aromatic carbocycles. The molecule has 0 radical (unpaired) electrons. The monoisotopic (exact) mass is 265 g/mol. The molecule has 0 bridgehead atoms. The molecule has 0 aliphatic heterocycles. The van der Waals surface area contributed by atoms with Crippen LogP contribution in [0, 0.1) is 0 Å². The number of nitrogens with zero attached hydrogens (tertiary/aromatic N) is 3. The summed E-state index contributed by atoms with van der Waals surface area (Å²) >= 11 is 6.01. The van der Waals surface area contributed by atoms with Crippen molar-refractivity contribution in [3.63, 3.8) is 0 Å². The van der Waals surface area contributed by atoms with Crippen LogP contribution in [0.2, 0.25) is 0 Å². The Kier molecular flexibility index (Phi) is 4.59. The van der Waals surface area contributed by atoms with Crippen molar-refractivity contribution in [2.24, 2.45) is 0 Å². The van der Waals surface area contributed by atoms with Crippen molar-refractivity contribution >= 4 is 22.6 Å². The third-order valence-corrected chi connectivity index (χ3v) is 3.59. The SMILES string of the molecule is CCCCCC(C)n1c(CCl)nc2cnccc21. The second-order valence-electron chi connectivity index (χ2n) is 4.74. The molecule has 0 saturated carbocycles. The highest BCUT2D eigenvalue weighted by atomic mass is 35.5. The number of hydrogen-bond acceptors (Lipinski definition) is 2. The molecule has 3 nitrogen and oxygen atoms in total. The summed E-state index contributed by atoms with van der Waals surface area (Å²) in [6.45, 7) is 4.47. The van der Waals surface area contributed by atoms with Crippen molar-refractivity contribution in [2.75, 3.05) is 0 Å². The first kappa shape index (κ1) is 13.3. The molecule has 0 amide bonds. The van der Waals surface area contributed by atoms with Crippen molar-refractivity contribution < 1.29 is 0 Å². The lowest BCUT2D eigenvalue weighted by molar-refractivity contribution is 0.477. The average Bonchev–Trinajstić information content (AvgIpc) is 2.77. The lowest BCUT2D eigenvalue weighted by Gasteiger charge is -2.16. The van der Waals surface area contributed by atoms with E-state index in [0.717, 1.165) is 16.9 Å². The lowest BCUT2D eigenvalue weighted by Crippen LogP contribution is -2.08. The number of alkyl halides is 1. The Morgan fingerprint density at radius 3 is 2.94 bits per heavy atom. The quantitative estimate of drug-likeness (QED) is 0.576. The first-order chi connectivity index (χ1) is 8.77. The van der Waals surface area contributed by atoms with Gasteiger partial charge in [0, 0.05) is 12.2 Å². The molecular weight excluding hydrogens is 246 g/mol. The average molecular weight is 266 g/mol. The predicted molar refractivity (Wildman–Crippen MR) is 75.9 cm³/mol. The molecule has 0 aliphatic carbocycles. The normalized spacial score (nSPS) is 13.1. The smallest absolute Gasteiger partial charge is 0.125 e. The van der Waals surface area contributed by atoms with Crippen molar-refractivity contribution in [1.82, 2.24) is 14.5 Å². The lowest BCUT2D eigenvalue weighted by atomic mass is 10.1. The number of pyridine rings is 1. The fourth-order valence-corrected chi connectivity index (χ4v) is 2.59. The van der Waals surface area contributed by atoms with Crippen LogP contribution in [0.4, 0.5) is 0 Å². The molecule has 2 aromatic heterocycles. The number of imidazole rings is 1. The maximum atomic E-state index is 6.01. The number of aromatic nitrogens is 3. The van der Waals surface area contributed by atoms with Gasteiger partial charge in [-0.1, -0.05) is 26.2 Å². The van der Waals surface area contributed by atoms with Gasteiger partial charge in [-0.3, -0.25) is 4.98 Å². The highest BCUT2D eigenvalue weighted by Gasteiger charge is 2.14. The highest BCUT2D eigenvalue weighted by Crippen LogP contribution is 2.24. The highest BCUT2D eigenvalue weighted by molar-refractivity contribution is 6.16. The van der Waals surface area contributed by atoms with E-state index in [1.165, 1.54) is 25.7 Å². The Morgan fingerprint density at radius 1 is 1.39 bits per heavy atom. The van der Waals surface area contributed by atoms with Crippen LogP contribution in [-0.4, -0.2) is 14.5 Å². The van der Waals surface area contributed by atoms with Gasteiger partial charge in [0.2, 0.25) is 0 Å². The van der Waals surface area contributed by atoms with E-state index in [2.05, 4.69) is 28.4 Å². The van der Waals surface area contributed by atoms with Crippen LogP contribution >= 0.6 is 11.6 Å². The first-order valence-electron chi connectivity index (χ1n) is 6.64. The first-order valence-corrected chi connectivity index (χ1v) is 7.18. The van der Waals surface area contributed by atoms with E-state index < -0.39 is 0 Å². The summed E-state index contributed by atoms with van der Waals surface area (Å²) in [6, 6.07) is 2.46. The van der Waals surface area contributed by atoms with Gasteiger partial charge in [0.25, 0.3) is 0 Å². The number of halogens is 1. The number of unbranched alkanes of at least 4 members (excludes halogenated alkanes) is 2. The van der Waals surface area contributed by atoms with E-state index in [-0.39, 0.29) is 0 Å². The Labute approximate surface area is 113 Å². The molecule has 0 saturated heterocycles. The van der Waals surface area contributed by atoms with E-state index in [1.807, 2.05) is 12.3 Å². The molecule has 4 heteroatoms. The Hall–Kier alpha value is -1.09.